The maximum atomic E-state index is 13.5. The van der Waals surface area contributed by atoms with E-state index in [0.29, 0.717) is 25.5 Å². The maximum absolute atomic E-state index is 13.5. The molecule has 3 aliphatic heterocycles. The van der Waals surface area contributed by atoms with Gasteiger partial charge in [-0.15, -0.1) is 0 Å². The van der Waals surface area contributed by atoms with Gasteiger partial charge in [-0.3, -0.25) is 4.79 Å². The molecule has 0 radical (unpaired) electrons. The zero-order valence-electron chi connectivity index (χ0n) is 22.9. The molecule has 1 amide bonds. The number of hydrogen-bond acceptors (Lipinski definition) is 5. The number of likely N-dealkylation sites (tertiary alicyclic amines) is 2. The van der Waals surface area contributed by atoms with Crippen molar-refractivity contribution in [1.29, 1.82) is 0 Å². The molecule has 38 heavy (non-hydrogen) atoms. The largest absolute Gasteiger partial charge is 0.497 e. The van der Waals surface area contributed by atoms with Crippen molar-refractivity contribution in [3.63, 3.8) is 0 Å². The van der Waals surface area contributed by atoms with Crippen molar-refractivity contribution in [2.24, 2.45) is 11.3 Å². The molecule has 3 saturated heterocycles. The Kier molecular flexibility index (Phi) is 7.85. The predicted molar refractivity (Wildman–Crippen MR) is 149 cm³/mol. The number of hydrogen-bond donors (Lipinski definition) is 0. The molecule has 0 saturated carbocycles. The molecule has 0 bridgehead atoms. The molecule has 0 N–H and O–H groups in total. The Labute approximate surface area is 227 Å². The summed E-state index contributed by atoms with van der Waals surface area (Å²) < 4.78 is 33.0. The molecule has 2 unspecified atom stereocenters. The van der Waals surface area contributed by atoms with E-state index >= 15 is 0 Å². The summed E-state index contributed by atoms with van der Waals surface area (Å²) in [5, 5.41) is -0.415. The van der Waals surface area contributed by atoms with Gasteiger partial charge < -0.3 is 14.5 Å². The van der Waals surface area contributed by atoms with Gasteiger partial charge in [-0.25, -0.2) is 12.7 Å². The van der Waals surface area contributed by atoms with Gasteiger partial charge in [0.25, 0.3) is 0 Å². The number of carbonyl (C=O) groups is 1. The van der Waals surface area contributed by atoms with E-state index in [1.165, 1.54) is 5.56 Å². The van der Waals surface area contributed by atoms with E-state index in [1.54, 1.807) is 25.3 Å². The Morgan fingerprint density at radius 2 is 1.61 bits per heavy atom. The lowest BCUT2D eigenvalue weighted by atomic mass is 9.76. The Hall–Kier alpha value is -2.42. The number of methoxy groups -OCH3 is 1. The van der Waals surface area contributed by atoms with E-state index in [2.05, 4.69) is 17.0 Å². The quantitative estimate of drug-likeness (QED) is 0.508. The van der Waals surface area contributed by atoms with Crippen LogP contribution in [0.4, 0.5) is 0 Å². The van der Waals surface area contributed by atoms with Gasteiger partial charge in [0.05, 0.1) is 17.8 Å². The fraction of sp³-hybridized carbons (Fsp3) is 0.567. The standard InChI is InChI=1S/C30H41N3O4S/c1-23(2)38(35,36)33-21-26(28(22-33)25-7-5-4-6-8-25)20-31-16-13-30(14-17-31)15-18-32(29(30)34)19-24-9-11-27(37-3)12-10-24/h4-12,23,26,28H,13-22H2,1-3H3. The van der Waals surface area contributed by atoms with Gasteiger partial charge in [0.15, 0.2) is 0 Å². The first kappa shape index (κ1) is 27.2. The molecule has 5 rings (SSSR count). The molecule has 8 heteroatoms. The molecule has 0 aliphatic carbocycles. The molecule has 1 spiro atoms. The maximum Gasteiger partial charge on any atom is 0.229 e. The average molecular weight is 540 g/mol. The van der Waals surface area contributed by atoms with Crippen molar-refractivity contribution in [3.05, 3.63) is 65.7 Å². The highest BCUT2D eigenvalue weighted by molar-refractivity contribution is 7.89. The van der Waals surface area contributed by atoms with Crippen LogP contribution in [0.5, 0.6) is 5.75 Å². The van der Waals surface area contributed by atoms with Crippen molar-refractivity contribution in [2.45, 2.75) is 50.8 Å². The van der Waals surface area contributed by atoms with E-state index in [4.69, 9.17) is 4.74 Å². The van der Waals surface area contributed by atoms with Crippen molar-refractivity contribution >= 4 is 15.9 Å². The summed E-state index contributed by atoms with van der Waals surface area (Å²) in [5.41, 5.74) is 2.10. The number of benzene rings is 2. The van der Waals surface area contributed by atoms with Crippen molar-refractivity contribution in [3.8, 4) is 5.75 Å². The second kappa shape index (κ2) is 11.0. The second-order valence-corrected chi connectivity index (χ2v) is 14.1. The van der Waals surface area contributed by atoms with Crippen LogP contribution in [0.25, 0.3) is 0 Å². The Balaban J connectivity index is 1.22. The van der Waals surface area contributed by atoms with E-state index in [9.17, 15) is 13.2 Å². The first-order chi connectivity index (χ1) is 18.2. The summed E-state index contributed by atoms with van der Waals surface area (Å²) >= 11 is 0. The highest BCUT2D eigenvalue weighted by atomic mass is 32.2. The number of ether oxygens (including phenoxy) is 1. The molecular formula is C30H41N3O4S. The number of piperidine rings is 1. The number of amides is 1. The lowest BCUT2D eigenvalue weighted by Crippen LogP contribution is -2.46. The van der Waals surface area contributed by atoms with Crippen LogP contribution in [0.2, 0.25) is 0 Å². The summed E-state index contributed by atoms with van der Waals surface area (Å²) in [6, 6.07) is 18.3. The third kappa shape index (κ3) is 5.36. The number of rotatable bonds is 8. The Morgan fingerprint density at radius 3 is 2.24 bits per heavy atom. The number of sulfonamides is 1. The Morgan fingerprint density at radius 1 is 0.947 bits per heavy atom. The molecular weight excluding hydrogens is 498 g/mol. The van der Waals surface area contributed by atoms with Gasteiger partial charge >= 0.3 is 0 Å². The van der Waals surface area contributed by atoms with Crippen molar-refractivity contribution in [1.82, 2.24) is 14.1 Å². The van der Waals surface area contributed by atoms with E-state index in [0.717, 1.165) is 56.8 Å². The summed E-state index contributed by atoms with van der Waals surface area (Å²) in [6.45, 7) is 8.74. The van der Waals surface area contributed by atoms with Crippen LogP contribution in [0.15, 0.2) is 54.6 Å². The van der Waals surface area contributed by atoms with Crippen molar-refractivity contribution in [2.75, 3.05) is 46.4 Å². The van der Waals surface area contributed by atoms with Crippen LogP contribution in [-0.4, -0.2) is 80.1 Å². The minimum atomic E-state index is -3.30. The normalized spacial score (nSPS) is 24.5. The predicted octanol–water partition coefficient (Wildman–Crippen LogP) is 3.96. The lowest BCUT2D eigenvalue weighted by molar-refractivity contribution is -0.139. The first-order valence-electron chi connectivity index (χ1n) is 13.9. The molecule has 3 fully saturated rings. The van der Waals surface area contributed by atoms with Gasteiger partial charge in [0.1, 0.15) is 5.75 Å². The fourth-order valence-corrected chi connectivity index (χ4v) is 7.92. The third-order valence-corrected chi connectivity index (χ3v) is 11.2. The SMILES string of the molecule is COc1ccc(CN2CCC3(CCN(CC4CN(S(=O)(=O)C(C)C)CC4c4ccccc4)CC3)C2=O)cc1. The lowest BCUT2D eigenvalue weighted by Gasteiger charge is -2.39. The minimum absolute atomic E-state index is 0.189. The first-order valence-corrected chi connectivity index (χ1v) is 15.4. The van der Waals surface area contributed by atoms with E-state index < -0.39 is 15.3 Å². The van der Waals surface area contributed by atoms with E-state index in [-0.39, 0.29) is 17.3 Å². The highest BCUT2D eigenvalue weighted by Crippen LogP contribution is 2.43. The summed E-state index contributed by atoms with van der Waals surface area (Å²) in [7, 11) is -1.64. The smallest absolute Gasteiger partial charge is 0.229 e. The van der Waals surface area contributed by atoms with Crippen LogP contribution in [0, 0.1) is 11.3 Å². The van der Waals surface area contributed by atoms with Gasteiger partial charge in [-0.2, -0.15) is 0 Å². The summed E-state index contributed by atoms with van der Waals surface area (Å²) in [4.78, 5) is 18.0. The topological polar surface area (TPSA) is 70.2 Å². The molecule has 3 aliphatic rings. The molecule has 0 aromatic heterocycles. The Bertz CT molecular complexity index is 1210. The monoisotopic (exact) mass is 539 g/mol. The molecule has 3 heterocycles. The molecule has 7 nitrogen and oxygen atoms in total. The molecule has 2 aromatic carbocycles. The second-order valence-electron chi connectivity index (χ2n) is 11.6. The van der Waals surface area contributed by atoms with Crippen LogP contribution in [0.3, 0.4) is 0 Å². The zero-order chi connectivity index (χ0) is 26.9. The van der Waals surface area contributed by atoms with Gasteiger partial charge in [-0.05, 0) is 75.4 Å². The molecule has 206 valence electrons. The fourth-order valence-electron chi connectivity index (χ4n) is 6.55. The number of carbonyl (C=O) groups excluding carboxylic acids is 1. The van der Waals surface area contributed by atoms with Crippen LogP contribution in [-0.2, 0) is 21.4 Å². The number of nitrogens with zero attached hydrogens (tertiary/aromatic N) is 3. The van der Waals surface area contributed by atoms with Crippen LogP contribution >= 0.6 is 0 Å². The highest BCUT2D eigenvalue weighted by Gasteiger charge is 2.49. The summed E-state index contributed by atoms with van der Waals surface area (Å²) in [6.07, 6.45) is 2.68. The average Bonchev–Trinajstić information content (AvgIpc) is 3.48. The van der Waals surface area contributed by atoms with Crippen LogP contribution in [0.1, 0.15) is 50.2 Å². The zero-order valence-corrected chi connectivity index (χ0v) is 23.7. The van der Waals surface area contributed by atoms with Gasteiger partial charge in [-0.1, -0.05) is 42.5 Å². The van der Waals surface area contributed by atoms with Gasteiger partial charge in [0, 0.05) is 38.6 Å². The minimum Gasteiger partial charge on any atom is -0.497 e. The summed E-state index contributed by atoms with van der Waals surface area (Å²) in [5.74, 6) is 1.55. The van der Waals surface area contributed by atoms with Gasteiger partial charge in [0.2, 0.25) is 15.9 Å². The van der Waals surface area contributed by atoms with Crippen molar-refractivity contribution < 1.29 is 17.9 Å². The molecule has 2 atom stereocenters. The van der Waals surface area contributed by atoms with Crippen LogP contribution < -0.4 is 4.74 Å². The third-order valence-electron chi connectivity index (χ3n) is 9.03. The van der Waals surface area contributed by atoms with E-state index in [1.807, 2.05) is 47.4 Å². The molecule has 2 aromatic rings.